The Morgan fingerprint density at radius 1 is 1.03 bits per heavy atom. The first-order chi connectivity index (χ1) is 18.1. The molecule has 2 aromatic heterocycles. The van der Waals surface area contributed by atoms with Gasteiger partial charge in [0.25, 0.3) is 0 Å². The van der Waals surface area contributed by atoms with Crippen molar-refractivity contribution in [2.24, 2.45) is 0 Å². The van der Waals surface area contributed by atoms with Crippen LogP contribution in [-0.2, 0) is 9.47 Å². The van der Waals surface area contributed by atoms with Gasteiger partial charge in [0.05, 0.1) is 37.1 Å². The van der Waals surface area contributed by atoms with Crippen molar-refractivity contribution in [3.63, 3.8) is 0 Å². The molecule has 8 heteroatoms. The van der Waals surface area contributed by atoms with E-state index < -0.39 is 0 Å². The maximum atomic E-state index is 6.02. The number of nitrogens with zero attached hydrogens (tertiary/aromatic N) is 4. The molecule has 1 N–H and O–H groups in total. The van der Waals surface area contributed by atoms with Crippen LogP contribution < -0.4 is 10.2 Å². The highest BCUT2D eigenvalue weighted by Gasteiger charge is 2.42. The molecular weight excluding hydrogens is 482 g/mol. The minimum absolute atomic E-state index is 0.0206. The van der Waals surface area contributed by atoms with Crippen molar-refractivity contribution in [2.45, 2.75) is 44.9 Å². The molecule has 3 aliphatic heterocycles. The maximum absolute atomic E-state index is 6.02. The van der Waals surface area contributed by atoms with Crippen LogP contribution in [-0.4, -0.2) is 65.1 Å². The molecule has 194 valence electrons. The molecule has 3 saturated heterocycles. The number of hydrogen-bond donors (Lipinski definition) is 1. The summed E-state index contributed by atoms with van der Waals surface area (Å²) in [5.74, 6) is 0. The van der Waals surface area contributed by atoms with Gasteiger partial charge in [-0.25, -0.2) is 0 Å². The molecule has 3 atom stereocenters. The van der Waals surface area contributed by atoms with Crippen LogP contribution in [0.1, 0.15) is 47.6 Å². The van der Waals surface area contributed by atoms with Crippen LogP contribution in [0.4, 0.5) is 5.69 Å². The average Bonchev–Trinajstić information content (AvgIpc) is 3.64. The number of aryl methyl sites for hydroxylation is 1. The average molecular weight is 518 g/mol. The summed E-state index contributed by atoms with van der Waals surface area (Å²) in [6.07, 6.45) is 4.26. The Labute approximate surface area is 224 Å². The van der Waals surface area contributed by atoms with Gasteiger partial charge in [-0.15, -0.1) is 0 Å². The van der Waals surface area contributed by atoms with Gasteiger partial charge in [0.1, 0.15) is 0 Å². The van der Waals surface area contributed by atoms with Crippen molar-refractivity contribution in [1.29, 1.82) is 0 Å². The van der Waals surface area contributed by atoms with Crippen molar-refractivity contribution in [2.75, 3.05) is 44.4 Å². The van der Waals surface area contributed by atoms with Crippen molar-refractivity contribution in [3.8, 4) is 5.69 Å². The first kappa shape index (κ1) is 24.4. The molecule has 5 heterocycles. The minimum atomic E-state index is -0.0206. The van der Waals surface area contributed by atoms with Gasteiger partial charge in [-0.2, -0.15) is 0 Å². The normalized spacial score (nSPS) is 24.1. The van der Waals surface area contributed by atoms with Crippen molar-refractivity contribution >= 4 is 23.0 Å². The van der Waals surface area contributed by atoms with Gasteiger partial charge in [-0.3, -0.25) is 4.98 Å². The lowest BCUT2D eigenvalue weighted by Gasteiger charge is -2.30. The highest BCUT2D eigenvalue weighted by Crippen LogP contribution is 2.42. The number of aromatic nitrogens is 2. The Kier molecular flexibility index (Phi) is 6.88. The van der Waals surface area contributed by atoms with Crippen LogP contribution >= 0.6 is 12.2 Å². The molecule has 6 rings (SSSR count). The first-order valence-electron chi connectivity index (χ1n) is 13.3. The Hall–Kier alpha value is -2.94. The zero-order valence-electron chi connectivity index (χ0n) is 21.6. The fourth-order valence-corrected chi connectivity index (χ4v) is 6.38. The van der Waals surface area contributed by atoms with E-state index in [1.807, 2.05) is 18.3 Å². The zero-order chi connectivity index (χ0) is 25.4. The largest absolute Gasteiger partial charge is 0.378 e. The number of hydrogen-bond acceptors (Lipinski definition) is 5. The highest BCUT2D eigenvalue weighted by molar-refractivity contribution is 7.80. The molecule has 7 nitrogen and oxygen atoms in total. The summed E-state index contributed by atoms with van der Waals surface area (Å²) in [6, 6.07) is 17.4. The molecule has 0 radical (unpaired) electrons. The number of thiocarbonyl (C=S) groups is 1. The van der Waals surface area contributed by atoms with Crippen LogP contribution in [0.2, 0.25) is 0 Å². The van der Waals surface area contributed by atoms with Gasteiger partial charge in [-0.1, -0.05) is 6.07 Å². The second-order valence-corrected chi connectivity index (χ2v) is 10.6. The Bertz CT molecular complexity index is 1230. The molecule has 0 spiro atoms. The third kappa shape index (κ3) is 4.74. The van der Waals surface area contributed by atoms with E-state index in [2.05, 4.69) is 69.9 Å². The molecule has 1 aromatic carbocycles. The number of morpholine rings is 1. The Balaban J connectivity index is 1.35. The predicted molar refractivity (Wildman–Crippen MR) is 149 cm³/mol. The van der Waals surface area contributed by atoms with Gasteiger partial charge >= 0.3 is 0 Å². The fourth-order valence-electron chi connectivity index (χ4n) is 6.07. The molecule has 3 unspecified atom stereocenters. The van der Waals surface area contributed by atoms with Crippen LogP contribution in [0.3, 0.4) is 0 Å². The summed E-state index contributed by atoms with van der Waals surface area (Å²) in [4.78, 5) is 9.43. The number of rotatable bonds is 6. The van der Waals surface area contributed by atoms with Crippen LogP contribution in [0, 0.1) is 13.8 Å². The second kappa shape index (κ2) is 10.4. The van der Waals surface area contributed by atoms with E-state index >= 15 is 0 Å². The molecule has 0 saturated carbocycles. The summed E-state index contributed by atoms with van der Waals surface area (Å²) < 4.78 is 13.9. The molecule has 3 fully saturated rings. The van der Waals surface area contributed by atoms with E-state index in [1.165, 1.54) is 28.3 Å². The van der Waals surface area contributed by atoms with Crippen molar-refractivity contribution in [3.05, 3.63) is 77.4 Å². The smallest absolute Gasteiger partial charge is 0.170 e. The minimum Gasteiger partial charge on any atom is -0.378 e. The maximum Gasteiger partial charge on any atom is 0.170 e. The molecule has 0 bridgehead atoms. The van der Waals surface area contributed by atoms with Gasteiger partial charge < -0.3 is 29.2 Å². The van der Waals surface area contributed by atoms with E-state index in [-0.39, 0.29) is 18.2 Å². The standard InChI is InChI=1S/C29H35N5O2S/c1-20-18-25(21(2)34(20)23-10-8-22(9-11-23)32-13-16-35-17-14-32)28-27(26-7-3-4-12-30-26)31-29(37)33(28)19-24-6-5-15-36-24/h3-4,7-12,18,24,27-28H,5-6,13-17,19H2,1-2H3,(H,31,37). The summed E-state index contributed by atoms with van der Waals surface area (Å²) in [6.45, 7) is 9.49. The van der Waals surface area contributed by atoms with Gasteiger partial charge in [0, 0.05) is 55.2 Å². The van der Waals surface area contributed by atoms with Crippen LogP contribution in [0.5, 0.6) is 0 Å². The summed E-state index contributed by atoms with van der Waals surface area (Å²) in [5.41, 5.74) is 7.14. The highest BCUT2D eigenvalue weighted by atomic mass is 32.1. The van der Waals surface area contributed by atoms with Crippen LogP contribution in [0.15, 0.2) is 54.7 Å². The number of pyridine rings is 1. The molecule has 3 aliphatic rings. The van der Waals surface area contributed by atoms with Crippen molar-refractivity contribution < 1.29 is 9.47 Å². The van der Waals surface area contributed by atoms with E-state index in [1.54, 1.807) is 0 Å². The quantitative estimate of drug-likeness (QED) is 0.484. The van der Waals surface area contributed by atoms with Gasteiger partial charge in [0.15, 0.2) is 5.11 Å². The first-order valence-corrected chi connectivity index (χ1v) is 13.7. The lowest BCUT2D eigenvalue weighted by molar-refractivity contribution is 0.0842. The molecule has 0 aliphatic carbocycles. The van der Waals surface area contributed by atoms with Gasteiger partial charge in [-0.05, 0) is 86.9 Å². The van der Waals surface area contributed by atoms with E-state index in [0.29, 0.717) is 0 Å². The summed E-state index contributed by atoms with van der Waals surface area (Å²) in [5, 5.41) is 4.37. The zero-order valence-corrected chi connectivity index (χ0v) is 22.4. The molecular formula is C29H35N5O2S. The van der Waals surface area contributed by atoms with Crippen molar-refractivity contribution in [1.82, 2.24) is 19.8 Å². The topological polar surface area (TPSA) is 54.8 Å². The number of benzene rings is 1. The lowest BCUT2D eigenvalue weighted by atomic mass is 9.96. The van der Waals surface area contributed by atoms with Crippen LogP contribution in [0.25, 0.3) is 5.69 Å². The second-order valence-electron chi connectivity index (χ2n) is 10.2. The molecule has 3 aromatic rings. The lowest BCUT2D eigenvalue weighted by Crippen LogP contribution is -2.36. The van der Waals surface area contributed by atoms with E-state index in [4.69, 9.17) is 26.7 Å². The van der Waals surface area contributed by atoms with E-state index in [0.717, 1.165) is 63.1 Å². The van der Waals surface area contributed by atoms with Gasteiger partial charge in [0.2, 0.25) is 0 Å². The molecule has 0 amide bonds. The Morgan fingerprint density at radius 2 is 1.81 bits per heavy atom. The van der Waals surface area contributed by atoms with E-state index in [9.17, 15) is 0 Å². The third-order valence-electron chi connectivity index (χ3n) is 7.90. The number of nitrogens with one attached hydrogen (secondary N) is 1. The molecule has 37 heavy (non-hydrogen) atoms. The predicted octanol–water partition coefficient (Wildman–Crippen LogP) is 4.48. The number of ether oxygens (including phenoxy) is 2. The SMILES string of the molecule is Cc1cc(C2C(c3ccccn3)NC(=S)N2CC2CCCO2)c(C)n1-c1ccc(N2CCOCC2)cc1. The monoisotopic (exact) mass is 517 g/mol. The third-order valence-corrected chi connectivity index (χ3v) is 8.25. The summed E-state index contributed by atoms with van der Waals surface area (Å²) in [7, 11) is 0. The Morgan fingerprint density at radius 3 is 2.51 bits per heavy atom. The summed E-state index contributed by atoms with van der Waals surface area (Å²) >= 11 is 5.89. The fraction of sp³-hybridized carbons (Fsp3) is 0.448. The number of anilines is 1.